The molecule has 0 aliphatic heterocycles. The molecule has 18 heavy (non-hydrogen) atoms. The van der Waals surface area contributed by atoms with E-state index in [1.165, 1.54) is 0 Å². The van der Waals surface area contributed by atoms with Crippen LogP contribution >= 0.6 is 0 Å². The Hall–Kier alpha value is -2.30. The summed E-state index contributed by atoms with van der Waals surface area (Å²) < 4.78 is 10.1. The number of hydrogen-bond acceptors (Lipinski definition) is 4. The SMILES string of the molecule is COc1ccc(CCc2ocnc2C(=O)O)cc1. The molecule has 1 aromatic carbocycles. The number of carboxylic acids is 1. The van der Waals surface area contributed by atoms with Gasteiger partial charge in [-0.1, -0.05) is 12.1 Å². The van der Waals surface area contributed by atoms with Crippen molar-refractivity contribution in [2.45, 2.75) is 12.8 Å². The highest BCUT2D eigenvalue weighted by molar-refractivity contribution is 5.86. The third-order valence-corrected chi connectivity index (χ3v) is 2.64. The number of aromatic carboxylic acids is 1. The lowest BCUT2D eigenvalue weighted by molar-refractivity contribution is 0.0689. The summed E-state index contributed by atoms with van der Waals surface area (Å²) in [6, 6.07) is 7.62. The van der Waals surface area contributed by atoms with Crippen LogP contribution in [0.3, 0.4) is 0 Å². The van der Waals surface area contributed by atoms with Crippen molar-refractivity contribution in [2.75, 3.05) is 7.11 Å². The van der Waals surface area contributed by atoms with Crippen molar-refractivity contribution < 1.29 is 19.1 Å². The predicted octanol–water partition coefficient (Wildman–Crippen LogP) is 2.17. The number of aryl methyl sites for hydroxylation is 2. The lowest BCUT2D eigenvalue weighted by Gasteiger charge is -2.02. The molecule has 1 heterocycles. The third kappa shape index (κ3) is 2.68. The molecule has 0 saturated carbocycles. The lowest BCUT2D eigenvalue weighted by Crippen LogP contribution is -2.02. The van der Waals surface area contributed by atoms with Crippen molar-refractivity contribution in [1.82, 2.24) is 4.98 Å². The highest BCUT2D eigenvalue weighted by atomic mass is 16.5. The Morgan fingerprint density at radius 1 is 1.33 bits per heavy atom. The van der Waals surface area contributed by atoms with Crippen LogP contribution in [0.2, 0.25) is 0 Å². The van der Waals surface area contributed by atoms with Crippen LogP contribution in [0, 0.1) is 0 Å². The van der Waals surface area contributed by atoms with Crippen LogP contribution < -0.4 is 4.74 Å². The van der Waals surface area contributed by atoms with Crippen molar-refractivity contribution in [2.24, 2.45) is 0 Å². The van der Waals surface area contributed by atoms with Crippen LogP contribution in [-0.4, -0.2) is 23.2 Å². The van der Waals surface area contributed by atoms with E-state index >= 15 is 0 Å². The molecule has 5 nitrogen and oxygen atoms in total. The molecule has 2 rings (SSSR count). The number of rotatable bonds is 5. The van der Waals surface area contributed by atoms with Gasteiger partial charge in [0.2, 0.25) is 0 Å². The minimum Gasteiger partial charge on any atom is -0.497 e. The number of oxazole rings is 1. The van der Waals surface area contributed by atoms with Gasteiger partial charge in [0, 0.05) is 6.42 Å². The molecule has 5 heteroatoms. The van der Waals surface area contributed by atoms with Gasteiger partial charge in [0.15, 0.2) is 12.1 Å². The quantitative estimate of drug-likeness (QED) is 0.876. The molecule has 0 spiro atoms. The number of methoxy groups -OCH3 is 1. The van der Waals surface area contributed by atoms with E-state index in [1.807, 2.05) is 24.3 Å². The molecule has 2 aromatic rings. The molecule has 0 aliphatic carbocycles. The predicted molar refractivity (Wildman–Crippen MR) is 63.9 cm³/mol. The molecule has 0 saturated heterocycles. The fourth-order valence-electron chi connectivity index (χ4n) is 1.67. The van der Waals surface area contributed by atoms with Crippen LogP contribution in [0.1, 0.15) is 21.8 Å². The van der Waals surface area contributed by atoms with Gasteiger partial charge >= 0.3 is 5.97 Å². The summed E-state index contributed by atoms with van der Waals surface area (Å²) in [4.78, 5) is 14.5. The monoisotopic (exact) mass is 247 g/mol. The maximum atomic E-state index is 10.8. The van der Waals surface area contributed by atoms with Gasteiger partial charge in [-0.15, -0.1) is 0 Å². The molecule has 0 amide bonds. The van der Waals surface area contributed by atoms with Crippen LogP contribution in [0.4, 0.5) is 0 Å². The first-order chi connectivity index (χ1) is 8.70. The minimum absolute atomic E-state index is 0.0106. The van der Waals surface area contributed by atoms with E-state index in [4.69, 9.17) is 14.3 Å². The molecule has 0 aliphatic rings. The van der Waals surface area contributed by atoms with E-state index in [0.29, 0.717) is 18.6 Å². The molecule has 0 fully saturated rings. The molecule has 1 N–H and O–H groups in total. The molecule has 0 radical (unpaired) electrons. The molecular formula is C13H13NO4. The Morgan fingerprint density at radius 2 is 2.06 bits per heavy atom. The second kappa shape index (κ2) is 5.35. The first-order valence-corrected chi connectivity index (χ1v) is 5.49. The van der Waals surface area contributed by atoms with Crippen LogP contribution in [0.25, 0.3) is 0 Å². The number of carboxylic acid groups (broad SMARTS) is 1. The molecular weight excluding hydrogens is 234 g/mol. The van der Waals surface area contributed by atoms with Crippen molar-refractivity contribution in [3.05, 3.63) is 47.7 Å². The number of nitrogens with zero attached hydrogens (tertiary/aromatic N) is 1. The second-order valence-electron chi connectivity index (χ2n) is 3.78. The van der Waals surface area contributed by atoms with Gasteiger partial charge in [0.25, 0.3) is 0 Å². The fraction of sp³-hybridized carbons (Fsp3) is 0.231. The summed E-state index contributed by atoms with van der Waals surface area (Å²) >= 11 is 0. The molecule has 0 bridgehead atoms. The average Bonchev–Trinajstić information content (AvgIpc) is 2.85. The van der Waals surface area contributed by atoms with Gasteiger partial charge in [-0.25, -0.2) is 9.78 Å². The lowest BCUT2D eigenvalue weighted by atomic mass is 10.1. The minimum atomic E-state index is -1.06. The Bertz CT molecular complexity index is 530. The standard InChI is InChI=1S/C13H13NO4/c1-17-10-5-2-9(3-6-10)4-7-11-12(13(15)16)14-8-18-11/h2-3,5-6,8H,4,7H2,1H3,(H,15,16). The van der Waals surface area contributed by atoms with E-state index in [9.17, 15) is 4.79 Å². The molecule has 1 aromatic heterocycles. The van der Waals surface area contributed by atoms with Crippen LogP contribution in [0.15, 0.2) is 35.1 Å². The Labute approximate surface area is 104 Å². The van der Waals surface area contributed by atoms with Crippen molar-refractivity contribution in [3.8, 4) is 5.75 Å². The maximum Gasteiger partial charge on any atom is 0.358 e. The smallest absolute Gasteiger partial charge is 0.358 e. The summed E-state index contributed by atoms with van der Waals surface area (Å²) in [6.07, 6.45) is 2.36. The molecule has 94 valence electrons. The molecule has 0 unspecified atom stereocenters. The van der Waals surface area contributed by atoms with E-state index in [0.717, 1.165) is 17.7 Å². The summed E-state index contributed by atoms with van der Waals surface area (Å²) in [5, 5.41) is 8.88. The van der Waals surface area contributed by atoms with E-state index in [2.05, 4.69) is 4.98 Å². The highest BCUT2D eigenvalue weighted by Gasteiger charge is 2.14. The van der Waals surface area contributed by atoms with Gasteiger partial charge in [0.05, 0.1) is 7.11 Å². The Morgan fingerprint density at radius 3 is 2.67 bits per heavy atom. The zero-order valence-electron chi connectivity index (χ0n) is 9.92. The summed E-state index contributed by atoms with van der Waals surface area (Å²) in [7, 11) is 1.61. The Balaban J connectivity index is 2.02. The van der Waals surface area contributed by atoms with Gasteiger partial charge in [-0.3, -0.25) is 0 Å². The topological polar surface area (TPSA) is 72.6 Å². The summed E-state index contributed by atoms with van der Waals surface area (Å²) in [5.74, 6) is 0.136. The number of ether oxygens (including phenoxy) is 1. The van der Waals surface area contributed by atoms with Crippen molar-refractivity contribution in [1.29, 1.82) is 0 Å². The van der Waals surface area contributed by atoms with Gasteiger partial charge in [-0.2, -0.15) is 0 Å². The fourth-order valence-corrected chi connectivity index (χ4v) is 1.67. The largest absolute Gasteiger partial charge is 0.497 e. The summed E-state index contributed by atoms with van der Waals surface area (Å²) in [6.45, 7) is 0. The third-order valence-electron chi connectivity index (χ3n) is 2.64. The van der Waals surface area contributed by atoms with Gasteiger partial charge in [-0.05, 0) is 24.1 Å². The van der Waals surface area contributed by atoms with Crippen LogP contribution in [-0.2, 0) is 12.8 Å². The van der Waals surface area contributed by atoms with Gasteiger partial charge < -0.3 is 14.3 Å². The van der Waals surface area contributed by atoms with Crippen molar-refractivity contribution in [3.63, 3.8) is 0 Å². The summed E-state index contributed by atoms with van der Waals surface area (Å²) in [5.41, 5.74) is 1.08. The van der Waals surface area contributed by atoms with Crippen LogP contribution in [0.5, 0.6) is 5.75 Å². The van der Waals surface area contributed by atoms with Crippen molar-refractivity contribution >= 4 is 5.97 Å². The average molecular weight is 247 g/mol. The van der Waals surface area contributed by atoms with Gasteiger partial charge in [0.1, 0.15) is 11.5 Å². The number of carbonyl (C=O) groups is 1. The Kier molecular flexibility index (Phi) is 3.62. The number of aromatic nitrogens is 1. The molecule has 0 atom stereocenters. The first kappa shape index (κ1) is 12.2. The van der Waals surface area contributed by atoms with E-state index in [1.54, 1.807) is 7.11 Å². The van der Waals surface area contributed by atoms with E-state index < -0.39 is 5.97 Å². The highest BCUT2D eigenvalue weighted by Crippen LogP contribution is 2.15. The number of hydrogen-bond donors (Lipinski definition) is 1. The van der Waals surface area contributed by atoms with E-state index in [-0.39, 0.29) is 5.69 Å². The first-order valence-electron chi connectivity index (χ1n) is 5.49. The zero-order valence-corrected chi connectivity index (χ0v) is 9.92. The maximum absolute atomic E-state index is 10.8. The second-order valence-corrected chi connectivity index (χ2v) is 3.78. The zero-order chi connectivity index (χ0) is 13.0. The normalized spacial score (nSPS) is 10.3. The number of benzene rings is 1.